The van der Waals surface area contributed by atoms with Crippen LogP contribution in [0.1, 0.15) is 31.8 Å². The molecule has 2 rings (SSSR count). The number of benzene rings is 2. The van der Waals surface area contributed by atoms with Crippen molar-refractivity contribution in [3.8, 4) is 11.5 Å². The number of rotatable bonds is 9. The summed E-state index contributed by atoms with van der Waals surface area (Å²) in [4.78, 5) is 34.7. The predicted octanol–water partition coefficient (Wildman–Crippen LogP) is 2.64. The number of nitrogens with two attached hydrogens (primary N) is 2. The van der Waals surface area contributed by atoms with Gasteiger partial charge in [0.2, 0.25) is 0 Å². The van der Waals surface area contributed by atoms with Gasteiger partial charge < -0.3 is 26.0 Å². The number of hydrogen-bond donors (Lipinski definition) is 3. The Balaban J connectivity index is 2.11. The maximum Gasteiger partial charge on any atom is 0.252 e. The minimum absolute atomic E-state index is 0.231. The van der Waals surface area contributed by atoms with Crippen molar-refractivity contribution < 1.29 is 29.0 Å². The number of aliphatic hydroxyl groups is 1. The molecule has 8 heteroatoms. The summed E-state index contributed by atoms with van der Waals surface area (Å²) in [5.41, 5.74) is 12.2. The molecular weight excluding hydrogens is 400 g/mol. The van der Waals surface area contributed by atoms with Gasteiger partial charge in [-0.1, -0.05) is 24.3 Å². The van der Waals surface area contributed by atoms with Crippen LogP contribution in [0, 0.1) is 0 Å². The first-order chi connectivity index (χ1) is 14.7. The third-order valence-electron chi connectivity index (χ3n) is 4.16. The highest BCUT2D eigenvalue weighted by Gasteiger charge is 2.09. The Morgan fingerprint density at radius 2 is 1.26 bits per heavy atom. The SMILES string of the molecule is COc1cc(/C=C/C(=O)/C=C(O)/C=C/c2ccc(C(N)=O)c(OC)c2)ccc1C(N)=O. The highest BCUT2D eigenvalue weighted by Crippen LogP contribution is 2.21. The molecule has 0 aliphatic rings. The summed E-state index contributed by atoms with van der Waals surface area (Å²) in [6, 6.07) is 9.38. The molecule has 0 atom stereocenters. The standard InChI is InChI=1S/C23H22N2O6/c1-30-20-11-14(5-9-18(20)22(24)28)3-7-16(26)13-17(27)8-4-15-6-10-19(23(25)29)21(12-15)31-2/h3-13,26H,1-2H3,(H2,24,28)(H2,25,29)/b7-3+,8-4+,16-13-. The molecule has 0 radical (unpaired) electrons. The van der Waals surface area contributed by atoms with Crippen LogP contribution in [0.2, 0.25) is 0 Å². The Bertz CT molecular complexity index is 1100. The Labute approximate surface area is 179 Å². The molecule has 8 nitrogen and oxygen atoms in total. The lowest BCUT2D eigenvalue weighted by molar-refractivity contribution is -0.110. The molecule has 0 aliphatic carbocycles. The Morgan fingerprint density at radius 1 is 0.806 bits per heavy atom. The van der Waals surface area contributed by atoms with Crippen molar-refractivity contribution in [3.63, 3.8) is 0 Å². The molecule has 0 spiro atoms. The number of primary amides is 2. The number of carbonyl (C=O) groups is 3. The summed E-state index contributed by atoms with van der Waals surface area (Å²) >= 11 is 0. The summed E-state index contributed by atoms with van der Waals surface area (Å²) in [5.74, 6) is -1.37. The van der Waals surface area contributed by atoms with Crippen molar-refractivity contribution in [2.45, 2.75) is 0 Å². The fraction of sp³-hybridized carbons (Fsp3) is 0.0870. The number of hydrogen-bond acceptors (Lipinski definition) is 6. The lowest BCUT2D eigenvalue weighted by atomic mass is 10.1. The molecule has 2 aromatic carbocycles. The molecule has 5 N–H and O–H groups in total. The van der Waals surface area contributed by atoms with Crippen LogP contribution >= 0.6 is 0 Å². The van der Waals surface area contributed by atoms with Gasteiger partial charge in [-0.2, -0.15) is 0 Å². The highest BCUT2D eigenvalue weighted by atomic mass is 16.5. The van der Waals surface area contributed by atoms with E-state index in [2.05, 4.69) is 0 Å². The molecule has 0 bridgehead atoms. The van der Waals surface area contributed by atoms with Crippen LogP contribution in [0.3, 0.4) is 0 Å². The molecule has 0 fully saturated rings. The third kappa shape index (κ3) is 6.33. The molecule has 0 saturated heterocycles. The second-order valence-corrected chi connectivity index (χ2v) is 6.29. The van der Waals surface area contributed by atoms with E-state index >= 15 is 0 Å². The van der Waals surface area contributed by atoms with Crippen LogP contribution in [0.15, 0.2) is 60.4 Å². The fourth-order valence-corrected chi connectivity index (χ4v) is 2.63. The number of allylic oxidation sites excluding steroid dienone is 3. The van der Waals surface area contributed by atoms with E-state index in [0.29, 0.717) is 22.6 Å². The molecule has 31 heavy (non-hydrogen) atoms. The number of carbonyl (C=O) groups excluding carboxylic acids is 3. The van der Waals surface area contributed by atoms with Crippen molar-refractivity contribution in [1.82, 2.24) is 0 Å². The second kappa shape index (κ2) is 10.4. The van der Waals surface area contributed by atoms with Gasteiger partial charge in [-0.05, 0) is 47.5 Å². The number of ketones is 1. The second-order valence-electron chi connectivity index (χ2n) is 6.29. The van der Waals surface area contributed by atoms with Crippen molar-refractivity contribution in [3.05, 3.63) is 82.6 Å². The first kappa shape index (κ1) is 23.0. The average molecular weight is 422 g/mol. The lowest BCUT2D eigenvalue weighted by Crippen LogP contribution is -2.12. The van der Waals surface area contributed by atoms with E-state index in [1.165, 1.54) is 44.6 Å². The van der Waals surface area contributed by atoms with E-state index in [9.17, 15) is 19.5 Å². The van der Waals surface area contributed by atoms with E-state index in [-0.39, 0.29) is 16.9 Å². The average Bonchev–Trinajstić information content (AvgIpc) is 2.75. The zero-order valence-electron chi connectivity index (χ0n) is 17.0. The van der Waals surface area contributed by atoms with Crippen LogP contribution < -0.4 is 20.9 Å². The molecule has 160 valence electrons. The molecule has 0 saturated carbocycles. The van der Waals surface area contributed by atoms with Crippen molar-refractivity contribution >= 4 is 29.7 Å². The van der Waals surface area contributed by atoms with Gasteiger partial charge in [0.1, 0.15) is 17.3 Å². The summed E-state index contributed by atoms with van der Waals surface area (Å²) < 4.78 is 10.2. The van der Waals surface area contributed by atoms with Gasteiger partial charge in [0, 0.05) is 6.08 Å². The van der Waals surface area contributed by atoms with E-state index in [1.54, 1.807) is 30.3 Å². The van der Waals surface area contributed by atoms with Crippen LogP contribution in [-0.2, 0) is 4.79 Å². The van der Waals surface area contributed by atoms with E-state index < -0.39 is 17.6 Å². The van der Waals surface area contributed by atoms with E-state index in [1.807, 2.05) is 0 Å². The number of aliphatic hydroxyl groups excluding tert-OH is 1. The Kier molecular flexibility index (Phi) is 7.74. The zero-order chi connectivity index (χ0) is 23.0. The summed E-state index contributed by atoms with van der Waals surface area (Å²) in [6.07, 6.45) is 6.68. The highest BCUT2D eigenvalue weighted by molar-refractivity contribution is 6.03. The molecule has 0 aromatic heterocycles. The smallest absolute Gasteiger partial charge is 0.252 e. The minimum Gasteiger partial charge on any atom is -0.508 e. The van der Waals surface area contributed by atoms with Crippen molar-refractivity contribution in [2.24, 2.45) is 11.5 Å². The number of amides is 2. The molecule has 0 heterocycles. The maximum absolute atomic E-state index is 12.1. The van der Waals surface area contributed by atoms with Crippen LogP contribution in [0.5, 0.6) is 11.5 Å². The van der Waals surface area contributed by atoms with Crippen LogP contribution in [0.4, 0.5) is 0 Å². The van der Waals surface area contributed by atoms with Crippen LogP contribution in [-0.4, -0.2) is 36.9 Å². The minimum atomic E-state index is -0.620. The van der Waals surface area contributed by atoms with Gasteiger partial charge in [-0.15, -0.1) is 0 Å². The maximum atomic E-state index is 12.1. The van der Waals surface area contributed by atoms with Gasteiger partial charge in [0.05, 0.1) is 25.3 Å². The van der Waals surface area contributed by atoms with Gasteiger partial charge in [0.25, 0.3) is 11.8 Å². The van der Waals surface area contributed by atoms with E-state index in [0.717, 1.165) is 6.08 Å². The van der Waals surface area contributed by atoms with Gasteiger partial charge in [-0.25, -0.2) is 0 Å². The first-order valence-electron chi connectivity index (χ1n) is 9.01. The monoisotopic (exact) mass is 422 g/mol. The lowest BCUT2D eigenvalue weighted by Gasteiger charge is -2.06. The summed E-state index contributed by atoms with van der Waals surface area (Å²) in [5, 5.41) is 9.97. The third-order valence-corrected chi connectivity index (χ3v) is 4.16. The Hall–Kier alpha value is -4.33. The number of methoxy groups -OCH3 is 2. The zero-order valence-corrected chi connectivity index (χ0v) is 17.0. The molecule has 0 aliphatic heterocycles. The predicted molar refractivity (Wildman–Crippen MR) is 117 cm³/mol. The summed E-state index contributed by atoms with van der Waals surface area (Å²) in [6.45, 7) is 0. The normalized spacial score (nSPS) is 11.6. The molecule has 2 aromatic rings. The molecular formula is C23H22N2O6. The number of ether oxygens (including phenoxy) is 2. The quantitative estimate of drug-likeness (QED) is 0.322. The van der Waals surface area contributed by atoms with Crippen LogP contribution in [0.25, 0.3) is 12.2 Å². The van der Waals surface area contributed by atoms with E-state index in [4.69, 9.17) is 20.9 Å². The van der Waals surface area contributed by atoms with Gasteiger partial charge in [-0.3, -0.25) is 14.4 Å². The first-order valence-corrected chi connectivity index (χ1v) is 9.01. The largest absolute Gasteiger partial charge is 0.508 e. The molecule has 2 amide bonds. The van der Waals surface area contributed by atoms with Crippen molar-refractivity contribution in [2.75, 3.05) is 14.2 Å². The summed E-state index contributed by atoms with van der Waals surface area (Å²) in [7, 11) is 2.82. The van der Waals surface area contributed by atoms with Crippen molar-refractivity contribution in [1.29, 1.82) is 0 Å². The fourth-order valence-electron chi connectivity index (χ4n) is 2.63. The molecule has 0 unspecified atom stereocenters. The Morgan fingerprint density at radius 3 is 1.68 bits per heavy atom. The topological polar surface area (TPSA) is 142 Å². The van der Waals surface area contributed by atoms with Gasteiger partial charge in [0.15, 0.2) is 5.78 Å². The van der Waals surface area contributed by atoms with Gasteiger partial charge >= 0.3 is 0 Å².